The molecule has 3 aliphatic carbocycles. The summed E-state index contributed by atoms with van der Waals surface area (Å²) < 4.78 is 0. The number of aliphatic hydroxyl groups excluding tert-OH is 3. The van der Waals surface area contributed by atoms with Crippen molar-refractivity contribution >= 4 is 28.3 Å². The summed E-state index contributed by atoms with van der Waals surface area (Å²) in [5, 5.41) is 37.9. The third-order valence-electron chi connectivity index (χ3n) is 9.83. The number of thiazole rings is 1. The van der Waals surface area contributed by atoms with Gasteiger partial charge in [0.25, 0.3) is 0 Å². The molecule has 6 atom stereocenters. The number of nitrogens with one attached hydrogen (secondary N) is 2. The fourth-order valence-corrected chi connectivity index (χ4v) is 8.56. The second kappa shape index (κ2) is 11.9. The number of rotatable bonds is 9. The van der Waals surface area contributed by atoms with E-state index in [0.717, 1.165) is 42.7 Å². The molecule has 3 aliphatic rings. The molecule has 0 bridgehead atoms. The fourth-order valence-electron chi connectivity index (χ4n) is 7.49. The molecule has 9 heteroatoms. The number of nitrogens with zero attached hydrogens (tertiary/aromatic N) is 1. The molecule has 1 aromatic rings. The molecule has 0 spiro atoms. The average molecular weight is 550 g/mol. The van der Waals surface area contributed by atoms with E-state index < -0.39 is 11.5 Å². The summed E-state index contributed by atoms with van der Waals surface area (Å²) in [6.45, 7) is 8.02. The van der Waals surface area contributed by atoms with Gasteiger partial charge in [0.1, 0.15) is 0 Å². The minimum absolute atomic E-state index is 0.0237. The average Bonchev–Trinajstić information content (AvgIpc) is 3.29. The molecular weight excluding hydrogens is 502 g/mol. The van der Waals surface area contributed by atoms with Gasteiger partial charge in [0.2, 0.25) is 11.8 Å². The van der Waals surface area contributed by atoms with Crippen LogP contribution in [0, 0.1) is 28.6 Å². The van der Waals surface area contributed by atoms with E-state index in [2.05, 4.69) is 31.4 Å². The molecule has 5 N–H and O–H groups in total. The molecule has 214 valence electrons. The van der Waals surface area contributed by atoms with Crippen molar-refractivity contribution < 1.29 is 24.9 Å². The Morgan fingerprint density at radius 1 is 1.13 bits per heavy atom. The minimum atomic E-state index is -0.694. The number of aromatic nitrogens is 1. The van der Waals surface area contributed by atoms with E-state index in [4.69, 9.17) is 4.98 Å². The van der Waals surface area contributed by atoms with Crippen LogP contribution in [-0.2, 0) is 16.0 Å². The van der Waals surface area contributed by atoms with E-state index in [1.54, 1.807) is 0 Å². The Bertz CT molecular complexity index is 993. The second-order valence-corrected chi connectivity index (χ2v) is 14.0. The highest BCUT2D eigenvalue weighted by Gasteiger charge is 2.59. The van der Waals surface area contributed by atoms with Gasteiger partial charge in [0, 0.05) is 28.5 Å². The Morgan fingerprint density at radius 3 is 2.47 bits per heavy atom. The first-order chi connectivity index (χ1) is 18.0. The fraction of sp³-hybridized carbons (Fsp3) is 0.828. The molecule has 0 aromatic carbocycles. The third kappa shape index (κ3) is 5.81. The number of aliphatic hydroxyl groups is 3. The van der Waals surface area contributed by atoms with Crippen LogP contribution in [0.5, 0.6) is 0 Å². The summed E-state index contributed by atoms with van der Waals surface area (Å²) >= 11 is 1.47. The van der Waals surface area contributed by atoms with Gasteiger partial charge in [-0.25, -0.2) is 4.98 Å². The SMILES string of the molecule is CC(C)CC(CO)NC(=O)CC1c2nc(NC(=O)C3CCCCC3)sc2CC2C(C)(CO)C(O)CCC12C. The lowest BCUT2D eigenvalue weighted by Gasteiger charge is -2.58. The normalized spacial score (nSPS) is 32.4. The van der Waals surface area contributed by atoms with Gasteiger partial charge in [-0.1, -0.05) is 47.0 Å². The van der Waals surface area contributed by atoms with E-state index >= 15 is 0 Å². The molecule has 2 saturated carbocycles. The van der Waals surface area contributed by atoms with Gasteiger partial charge in [0.05, 0.1) is 31.1 Å². The van der Waals surface area contributed by atoms with Gasteiger partial charge in [-0.2, -0.15) is 0 Å². The molecule has 2 fully saturated rings. The van der Waals surface area contributed by atoms with Gasteiger partial charge >= 0.3 is 0 Å². The number of carbonyl (C=O) groups excluding carboxylic acids is 2. The van der Waals surface area contributed by atoms with E-state index in [1.807, 2.05) is 6.92 Å². The maximum atomic E-state index is 13.4. The van der Waals surface area contributed by atoms with E-state index in [9.17, 15) is 24.9 Å². The number of carbonyl (C=O) groups is 2. The van der Waals surface area contributed by atoms with Crippen molar-refractivity contribution in [2.75, 3.05) is 18.5 Å². The molecule has 0 radical (unpaired) electrons. The molecule has 8 nitrogen and oxygen atoms in total. The van der Waals surface area contributed by atoms with Crippen molar-refractivity contribution in [1.82, 2.24) is 10.3 Å². The molecule has 1 aromatic heterocycles. The van der Waals surface area contributed by atoms with Crippen molar-refractivity contribution in [3.8, 4) is 0 Å². The topological polar surface area (TPSA) is 132 Å². The number of anilines is 1. The first-order valence-corrected chi connectivity index (χ1v) is 15.3. The van der Waals surface area contributed by atoms with Crippen LogP contribution in [0.25, 0.3) is 0 Å². The third-order valence-corrected chi connectivity index (χ3v) is 10.8. The highest BCUT2D eigenvalue weighted by Crippen LogP contribution is 2.62. The van der Waals surface area contributed by atoms with Crippen LogP contribution in [-0.4, -0.2) is 57.5 Å². The Labute approximate surface area is 231 Å². The van der Waals surface area contributed by atoms with Crippen LogP contribution >= 0.6 is 11.3 Å². The standard InChI is InChI=1S/C29H47N3O5S/c1-17(2)12-19(15-33)30-24(36)13-20-25-21(14-22-28(20,3)11-10-23(35)29(22,4)16-34)38-27(31-25)32-26(37)18-8-6-5-7-9-18/h17-20,22-23,33-35H,5-16H2,1-4H3,(H,30,36)(H,31,32,37). The lowest BCUT2D eigenvalue weighted by molar-refractivity contribution is -0.144. The van der Waals surface area contributed by atoms with Crippen LogP contribution in [0.1, 0.15) is 102 Å². The van der Waals surface area contributed by atoms with Gasteiger partial charge in [-0.3, -0.25) is 9.59 Å². The largest absolute Gasteiger partial charge is 0.396 e. The zero-order valence-corrected chi connectivity index (χ0v) is 24.3. The Kier molecular flexibility index (Phi) is 9.22. The summed E-state index contributed by atoms with van der Waals surface area (Å²) in [6.07, 6.45) is 7.39. The summed E-state index contributed by atoms with van der Waals surface area (Å²) in [5.74, 6) is 0.0133. The van der Waals surface area contributed by atoms with Crippen molar-refractivity contribution in [2.45, 2.75) is 110 Å². The van der Waals surface area contributed by atoms with E-state index in [1.165, 1.54) is 17.8 Å². The van der Waals surface area contributed by atoms with Crippen molar-refractivity contribution in [2.24, 2.45) is 28.6 Å². The monoisotopic (exact) mass is 549 g/mol. The van der Waals surface area contributed by atoms with Gasteiger partial charge in [0.15, 0.2) is 5.13 Å². The molecule has 6 unspecified atom stereocenters. The summed E-state index contributed by atoms with van der Waals surface area (Å²) in [4.78, 5) is 32.3. The first kappa shape index (κ1) is 29.4. The predicted octanol–water partition coefficient (Wildman–Crippen LogP) is 3.99. The molecule has 4 rings (SSSR count). The smallest absolute Gasteiger partial charge is 0.229 e. The van der Waals surface area contributed by atoms with Crippen LogP contribution < -0.4 is 10.6 Å². The Morgan fingerprint density at radius 2 is 1.84 bits per heavy atom. The maximum Gasteiger partial charge on any atom is 0.229 e. The van der Waals surface area contributed by atoms with Gasteiger partial charge < -0.3 is 26.0 Å². The first-order valence-electron chi connectivity index (χ1n) is 14.5. The van der Waals surface area contributed by atoms with E-state index in [0.29, 0.717) is 30.3 Å². The zero-order chi connectivity index (χ0) is 27.7. The Balaban J connectivity index is 1.64. The van der Waals surface area contributed by atoms with Gasteiger partial charge in [-0.05, 0) is 55.8 Å². The van der Waals surface area contributed by atoms with Crippen LogP contribution in [0.2, 0.25) is 0 Å². The minimum Gasteiger partial charge on any atom is -0.396 e. The van der Waals surface area contributed by atoms with Crippen LogP contribution in [0.3, 0.4) is 0 Å². The predicted molar refractivity (Wildman–Crippen MR) is 149 cm³/mol. The Hall–Kier alpha value is -1.55. The second-order valence-electron chi connectivity index (χ2n) is 13.0. The zero-order valence-electron chi connectivity index (χ0n) is 23.5. The summed E-state index contributed by atoms with van der Waals surface area (Å²) in [6, 6.07) is -0.300. The number of fused-ring (bicyclic) bond motifs is 2. The maximum absolute atomic E-state index is 13.4. The molecule has 0 aliphatic heterocycles. The number of amides is 2. The lowest BCUT2D eigenvalue weighted by Crippen LogP contribution is -2.58. The molecule has 38 heavy (non-hydrogen) atoms. The summed E-state index contributed by atoms with van der Waals surface area (Å²) in [5.41, 5.74) is -0.184. The molecule has 0 saturated heterocycles. The highest BCUT2D eigenvalue weighted by atomic mass is 32.1. The molecule has 2 amide bonds. The number of hydrogen-bond donors (Lipinski definition) is 5. The van der Waals surface area contributed by atoms with Crippen molar-refractivity contribution in [3.63, 3.8) is 0 Å². The summed E-state index contributed by atoms with van der Waals surface area (Å²) in [7, 11) is 0. The highest BCUT2D eigenvalue weighted by molar-refractivity contribution is 7.15. The lowest BCUT2D eigenvalue weighted by atomic mass is 9.47. The van der Waals surface area contributed by atoms with E-state index in [-0.39, 0.29) is 60.7 Å². The van der Waals surface area contributed by atoms with Gasteiger partial charge in [-0.15, -0.1) is 11.3 Å². The molecular formula is C29H47N3O5S. The molecule has 1 heterocycles. The quantitative estimate of drug-likeness (QED) is 0.317. The van der Waals surface area contributed by atoms with Crippen molar-refractivity contribution in [1.29, 1.82) is 0 Å². The van der Waals surface area contributed by atoms with Crippen LogP contribution in [0.4, 0.5) is 5.13 Å². The van der Waals surface area contributed by atoms with Crippen molar-refractivity contribution in [3.05, 3.63) is 10.6 Å². The van der Waals surface area contributed by atoms with Crippen LogP contribution in [0.15, 0.2) is 0 Å². The number of hydrogen-bond acceptors (Lipinski definition) is 7.